The normalized spacial score (nSPS) is 31.3. The standard InChI is InChI=1S/C16H24N2O/c19-12-15(10-13-4-2-1-3-5-13)17-16-7-9-18-8-6-14(16)11-18/h1-5,14-17,19H,6-12H2. The van der Waals surface area contributed by atoms with Gasteiger partial charge in [-0.3, -0.25) is 0 Å². The van der Waals surface area contributed by atoms with Crippen LogP contribution in [0.1, 0.15) is 18.4 Å². The fraction of sp³-hybridized carbons (Fsp3) is 0.625. The first-order valence-corrected chi connectivity index (χ1v) is 7.48. The molecule has 2 saturated heterocycles. The SMILES string of the molecule is OCC(Cc1ccccc1)NC1CCN2CCC1C2. The highest BCUT2D eigenvalue weighted by molar-refractivity contribution is 5.16. The van der Waals surface area contributed by atoms with Gasteiger partial charge in [-0.05, 0) is 43.8 Å². The van der Waals surface area contributed by atoms with Crippen LogP contribution in [-0.2, 0) is 6.42 Å². The number of nitrogens with one attached hydrogen (secondary N) is 1. The summed E-state index contributed by atoms with van der Waals surface area (Å²) in [5.41, 5.74) is 1.30. The van der Waals surface area contributed by atoms with E-state index in [0.29, 0.717) is 6.04 Å². The van der Waals surface area contributed by atoms with Crippen molar-refractivity contribution >= 4 is 0 Å². The second-order valence-corrected chi connectivity index (χ2v) is 5.98. The summed E-state index contributed by atoms with van der Waals surface area (Å²) in [5.74, 6) is 0.790. The quantitative estimate of drug-likeness (QED) is 0.837. The molecule has 1 aromatic rings. The van der Waals surface area contributed by atoms with Crippen molar-refractivity contribution in [2.45, 2.75) is 31.3 Å². The van der Waals surface area contributed by atoms with Gasteiger partial charge < -0.3 is 15.3 Å². The van der Waals surface area contributed by atoms with Crippen LogP contribution in [0.2, 0.25) is 0 Å². The van der Waals surface area contributed by atoms with Crippen molar-refractivity contribution < 1.29 is 5.11 Å². The highest BCUT2D eigenvalue weighted by Crippen LogP contribution is 2.27. The maximum Gasteiger partial charge on any atom is 0.0587 e. The van der Waals surface area contributed by atoms with Gasteiger partial charge in [-0.15, -0.1) is 0 Å². The van der Waals surface area contributed by atoms with Crippen molar-refractivity contribution in [1.82, 2.24) is 10.2 Å². The number of piperidine rings is 1. The minimum absolute atomic E-state index is 0.194. The summed E-state index contributed by atoms with van der Waals surface area (Å²) in [6.07, 6.45) is 3.47. The van der Waals surface area contributed by atoms with Gasteiger partial charge >= 0.3 is 0 Å². The Balaban J connectivity index is 1.57. The van der Waals surface area contributed by atoms with Crippen molar-refractivity contribution in [3.63, 3.8) is 0 Å². The molecule has 2 N–H and O–H groups in total. The van der Waals surface area contributed by atoms with Gasteiger partial charge in [0.15, 0.2) is 0 Å². The summed E-state index contributed by atoms with van der Waals surface area (Å²) in [7, 11) is 0. The first-order valence-electron chi connectivity index (χ1n) is 7.48. The van der Waals surface area contributed by atoms with Crippen LogP contribution in [0.4, 0.5) is 0 Å². The zero-order chi connectivity index (χ0) is 13.1. The Morgan fingerprint density at radius 2 is 2.00 bits per heavy atom. The van der Waals surface area contributed by atoms with Crippen LogP contribution in [-0.4, -0.2) is 48.3 Å². The van der Waals surface area contributed by atoms with E-state index in [-0.39, 0.29) is 12.6 Å². The van der Waals surface area contributed by atoms with Gasteiger partial charge in [-0.25, -0.2) is 0 Å². The summed E-state index contributed by atoms with van der Waals surface area (Å²) >= 11 is 0. The Hall–Kier alpha value is -0.900. The third kappa shape index (κ3) is 3.16. The number of aliphatic hydroxyl groups excluding tert-OH is 1. The second kappa shape index (κ2) is 6.04. The molecule has 3 nitrogen and oxygen atoms in total. The van der Waals surface area contributed by atoms with Crippen LogP contribution in [0.5, 0.6) is 0 Å². The molecule has 4 atom stereocenters. The molecule has 2 heterocycles. The van der Waals surface area contributed by atoms with Crippen molar-refractivity contribution in [2.75, 3.05) is 26.2 Å². The van der Waals surface area contributed by atoms with E-state index in [2.05, 4.69) is 34.5 Å². The topological polar surface area (TPSA) is 35.5 Å². The molecule has 1 aromatic carbocycles. The minimum atomic E-state index is 0.194. The molecule has 4 unspecified atom stereocenters. The van der Waals surface area contributed by atoms with Gasteiger partial charge in [0, 0.05) is 18.6 Å². The molecule has 0 aliphatic carbocycles. The molecule has 19 heavy (non-hydrogen) atoms. The predicted molar refractivity (Wildman–Crippen MR) is 77.1 cm³/mol. The Bertz CT molecular complexity index is 395. The molecule has 0 saturated carbocycles. The van der Waals surface area contributed by atoms with Crippen molar-refractivity contribution in [1.29, 1.82) is 0 Å². The van der Waals surface area contributed by atoms with Gasteiger partial charge in [0.2, 0.25) is 0 Å². The lowest BCUT2D eigenvalue weighted by molar-refractivity contribution is 0.177. The molecule has 104 valence electrons. The zero-order valence-corrected chi connectivity index (χ0v) is 11.5. The number of hydrogen-bond donors (Lipinski definition) is 2. The van der Waals surface area contributed by atoms with Crippen molar-refractivity contribution in [2.24, 2.45) is 5.92 Å². The summed E-state index contributed by atoms with van der Waals surface area (Å²) in [5, 5.41) is 13.3. The van der Waals surface area contributed by atoms with E-state index >= 15 is 0 Å². The van der Waals surface area contributed by atoms with Crippen LogP contribution in [0.3, 0.4) is 0 Å². The molecular weight excluding hydrogens is 236 g/mol. The number of benzene rings is 1. The van der Waals surface area contributed by atoms with E-state index in [1.54, 1.807) is 0 Å². The van der Waals surface area contributed by atoms with Crippen LogP contribution in [0.15, 0.2) is 30.3 Å². The number of rotatable bonds is 5. The molecule has 0 spiro atoms. The van der Waals surface area contributed by atoms with Crippen LogP contribution in [0.25, 0.3) is 0 Å². The van der Waals surface area contributed by atoms with Gasteiger partial charge in [0.1, 0.15) is 0 Å². The first-order chi connectivity index (χ1) is 9.35. The minimum Gasteiger partial charge on any atom is -0.395 e. The molecule has 0 radical (unpaired) electrons. The van der Waals surface area contributed by atoms with Crippen LogP contribution < -0.4 is 5.32 Å². The van der Waals surface area contributed by atoms with E-state index in [1.165, 1.54) is 38.0 Å². The predicted octanol–water partition coefficient (Wildman–Crippen LogP) is 1.27. The molecule has 2 fully saturated rings. The molecule has 3 heteroatoms. The summed E-state index contributed by atoms with van der Waals surface area (Å²) in [6.45, 7) is 3.96. The smallest absolute Gasteiger partial charge is 0.0587 e. The number of fused-ring (bicyclic) bond motifs is 2. The average Bonchev–Trinajstić information content (AvgIpc) is 2.85. The zero-order valence-electron chi connectivity index (χ0n) is 11.5. The fourth-order valence-corrected chi connectivity index (χ4v) is 3.55. The number of nitrogens with zero attached hydrogens (tertiary/aromatic N) is 1. The van der Waals surface area contributed by atoms with Gasteiger partial charge in [-0.1, -0.05) is 30.3 Å². The summed E-state index contributed by atoms with van der Waals surface area (Å²) in [6, 6.07) is 11.3. The fourth-order valence-electron chi connectivity index (χ4n) is 3.55. The van der Waals surface area contributed by atoms with Gasteiger partial charge in [-0.2, -0.15) is 0 Å². The molecule has 2 bridgehead atoms. The van der Waals surface area contributed by atoms with Crippen LogP contribution in [0, 0.1) is 5.92 Å². The molecule has 2 aliphatic rings. The van der Waals surface area contributed by atoms with E-state index in [0.717, 1.165) is 12.3 Å². The van der Waals surface area contributed by atoms with E-state index in [9.17, 15) is 5.11 Å². The van der Waals surface area contributed by atoms with Crippen LogP contribution >= 0.6 is 0 Å². The lowest BCUT2D eigenvalue weighted by Crippen LogP contribution is -2.49. The lowest BCUT2D eigenvalue weighted by atomic mass is 9.92. The highest BCUT2D eigenvalue weighted by atomic mass is 16.3. The van der Waals surface area contributed by atoms with Crippen molar-refractivity contribution in [3.8, 4) is 0 Å². The monoisotopic (exact) mass is 260 g/mol. The average molecular weight is 260 g/mol. The molecule has 0 amide bonds. The number of hydrogen-bond acceptors (Lipinski definition) is 3. The Labute approximate surface area is 115 Å². The maximum atomic E-state index is 9.61. The Morgan fingerprint density at radius 3 is 2.79 bits per heavy atom. The Kier molecular flexibility index (Phi) is 4.16. The van der Waals surface area contributed by atoms with E-state index in [1.807, 2.05) is 6.07 Å². The van der Waals surface area contributed by atoms with Crippen molar-refractivity contribution in [3.05, 3.63) is 35.9 Å². The van der Waals surface area contributed by atoms with E-state index in [4.69, 9.17) is 0 Å². The highest BCUT2D eigenvalue weighted by Gasteiger charge is 2.34. The third-order valence-corrected chi connectivity index (χ3v) is 4.63. The van der Waals surface area contributed by atoms with Gasteiger partial charge in [0.25, 0.3) is 0 Å². The Morgan fingerprint density at radius 1 is 1.21 bits per heavy atom. The molecule has 3 rings (SSSR count). The lowest BCUT2D eigenvalue weighted by Gasteiger charge is -2.33. The molecular formula is C16H24N2O. The second-order valence-electron chi connectivity index (χ2n) is 5.98. The number of aliphatic hydroxyl groups is 1. The van der Waals surface area contributed by atoms with Gasteiger partial charge in [0.05, 0.1) is 6.61 Å². The molecule has 0 aromatic heterocycles. The summed E-state index contributed by atoms with van der Waals surface area (Å²) < 4.78 is 0. The first kappa shape index (κ1) is 13.1. The molecule has 2 aliphatic heterocycles. The maximum absolute atomic E-state index is 9.61. The largest absolute Gasteiger partial charge is 0.395 e. The summed E-state index contributed by atoms with van der Waals surface area (Å²) in [4.78, 5) is 2.56. The van der Waals surface area contributed by atoms with E-state index < -0.39 is 0 Å². The third-order valence-electron chi connectivity index (χ3n) is 4.63.